The summed E-state index contributed by atoms with van der Waals surface area (Å²) in [5.74, 6) is -0.962. The Labute approximate surface area is 155 Å². The molecule has 1 heterocycles. The number of hydrogen-bond acceptors (Lipinski definition) is 6. The number of aromatic nitrogens is 2. The van der Waals surface area contributed by atoms with Crippen molar-refractivity contribution in [3.8, 4) is 0 Å². The minimum absolute atomic E-state index is 0.0420. The van der Waals surface area contributed by atoms with Gasteiger partial charge >= 0.3 is 12.1 Å². The third-order valence-electron chi connectivity index (χ3n) is 3.14. The van der Waals surface area contributed by atoms with Crippen LogP contribution in [0.1, 0.15) is 44.1 Å². The van der Waals surface area contributed by atoms with E-state index in [1.807, 2.05) is 12.1 Å². The maximum absolute atomic E-state index is 12.1. The molecule has 0 saturated carbocycles. The number of rotatable bonds is 6. The second-order valence-corrected chi connectivity index (χ2v) is 7.08. The van der Waals surface area contributed by atoms with E-state index in [2.05, 4.69) is 15.5 Å². The third kappa shape index (κ3) is 6.36. The largest absolute Gasteiger partial charge is 0.481 e. The quantitative estimate of drug-likeness (QED) is 0.789. The minimum atomic E-state index is -1.09. The number of carboxylic acids is 1. The van der Waals surface area contributed by atoms with Crippen LogP contribution < -0.4 is 5.32 Å². The summed E-state index contributed by atoms with van der Waals surface area (Å²) in [4.78, 5) is 27.0. The molecular weight excluding hydrogens is 362 g/mol. The Morgan fingerprint density at radius 3 is 2.54 bits per heavy atom. The summed E-state index contributed by atoms with van der Waals surface area (Å²) in [6, 6.07) is 6.42. The van der Waals surface area contributed by atoms with Gasteiger partial charge in [0.25, 0.3) is 0 Å². The zero-order valence-corrected chi connectivity index (χ0v) is 15.4. The van der Waals surface area contributed by atoms with E-state index >= 15 is 0 Å². The van der Waals surface area contributed by atoms with Crippen LogP contribution in [0.15, 0.2) is 28.8 Å². The Balaban J connectivity index is 2.19. The van der Waals surface area contributed by atoms with E-state index in [4.69, 9.17) is 26.0 Å². The number of nitrogens with one attached hydrogen (secondary N) is 1. The molecule has 0 saturated heterocycles. The monoisotopic (exact) mass is 381 g/mol. The van der Waals surface area contributed by atoms with Crippen molar-refractivity contribution in [2.24, 2.45) is 0 Å². The summed E-state index contributed by atoms with van der Waals surface area (Å²) in [5.41, 5.74) is 0.209. The Hall–Kier alpha value is -2.61. The van der Waals surface area contributed by atoms with Gasteiger partial charge in [-0.05, 0) is 38.5 Å². The zero-order valence-electron chi connectivity index (χ0n) is 14.7. The van der Waals surface area contributed by atoms with Crippen LogP contribution in [-0.4, -0.2) is 32.9 Å². The van der Waals surface area contributed by atoms with Gasteiger partial charge in [-0.25, -0.2) is 4.79 Å². The van der Waals surface area contributed by atoms with Gasteiger partial charge in [0.05, 0.1) is 6.04 Å². The highest BCUT2D eigenvalue weighted by Gasteiger charge is 2.25. The fraction of sp³-hybridized carbons (Fsp3) is 0.412. The van der Waals surface area contributed by atoms with Crippen molar-refractivity contribution in [2.75, 3.05) is 0 Å². The predicted octanol–water partition coefficient (Wildman–Crippen LogP) is 3.16. The molecule has 0 aliphatic heterocycles. The molecule has 1 aromatic heterocycles. The van der Waals surface area contributed by atoms with E-state index in [0.717, 1.165) is 5.56 Å². The molecule has 0 spiro atoms. The third-order valence-corrected chi connectivity index (χ3v) is 3.39. The first kappa shape index (κ1) is 19.7. The molecule has 2 aromatic rings. The van der Waals surface area contributed by atoms with E-state index in [0.29, 0.717) is 11.4 Å². The fourth-order valence-corrected chi connectivity index (χ4v) is 2.25. The van der Waals surface area contributed by atoms with Gasteiger partial charge in [0.15, 0.2) is 5.82 Å². The molecule has 1 atom stereocenters. The van der Waals surface area contributed by atoms with Crippen LogP contribution in [0.25, 0.3) is 0 Å². The summed E-state index contributed by atoms with van der Waals surface area (Å²) < 4.78 is 10.2. The molecule has 2 N–H and O–H groups in total. The van der Waals surface area contributed by atoms with Gasteiger partial charge in [-0.1, -0.05) is 28.9 Å². The van der Waals surface area contributed by atoms with Crippen LogP contribution in [0, 0.1) is 0 Å². The van der Waals surface area contributed by atoms with E-state index in [1.165, 1.54) is 0 Å². The summed E-state index contributed by atoms with van der Waals surface area (Å²) in [5, 5.41) is 15.9. The lowest BCUT2D eigenvalue weighted by molar-refractivity contribution is -0.136. The summed E-state index contributed by atoms with van der Waals surface area (Å²) in [6.07, 6.45) is -0.684. The van der Waals surface area contributed by atoms with Crippen LogP contribution >= 0.6 is 11.6 Å². The summed E-state index contributed by atoms with van der Waals surface area (Å²) >= 11 is 5.89. The minimum Gasteiger partial charge on any atom is -0.481 e. The molecule has 0 unspecified atom stereocenters. The average Bonchev–Trinajstić information content (AvgIpc) is 2.94. The number of ether oxygens (including phenoxy) is 1. The smallest absolute Gasteiger partial charge is 0.408 e. The van der Waals surface area contributed by atoms with Gasteiger partial charge in [-0.2, -0.15) is 4.98 Å². The zero-order chi connectivity index (χ0) is 19.3. The summed E-state index contributed by atoms with van der Waals surface area (Å²) in [6.45, 7) is 5.25. The maximum atomic E-state index is 12.1. The van der Waals surface area contributed by atoms with Crippen LogP contribution in [0.3, 0.4) is 0 Å². The Bertz CT molecular complexity index is 767. The lowest BCUT2D eigenvalue weighted by atomic mass is 10.1. The molecule has 1 aromatic carbocycles. The molecular formula is C17H20ClN3O5. The fourth-order valence-electron chi connectivity index (χ4n) is 2.12. The highest BCUT2D eigenvalue weighted by Crippen LogP contribution is 2.19. The molecule has 0 radical (unpaired) electrons. The first-order valence-corrected chi connectivity index (χ1v) is 8.28. The van der Waals surface area contributed by atoms with Gasteiger partial charge in [0, 0.05) is 11.4 Å². The Kier molecular flexibility index (Phi) is 6.20. The van der Waals surface area contributed by atoms with Gasteiger partial charge < -0.3 is 19.7 Å². The van der Waals surface area contributed by atoms with Gasteiger partial charge in [-0.3, -0.25) is 4.79 Å². The molecule has 140 valence electrons. The van der Waals surface area contributed by atoms with Gasteiger partial charge in [0.1, 0.15) is 12.0 Å². The molecule has 26 heavy (non-hydrogen) atoms. The van der Waals surface area contributed by atoms with Crippen molar-refractivity contribution in [3.05, 3.63) is 46.6 Å². The molecule has 0 bridgehead atoms. The molecule has 8 nitrogen and oxygen atoms in total. The van der Waals surface area contributed by atoms with Crippen molar-refractivity contribution in [3.63, 3.8) is 0 Å². The first-order valence-electron chi connectivity index (χ1n) is 7.90. The number of nitrogens with zero attached hydrogens (tertiary/aromatic N) is 2. The lowest BCUT2D eigenvalue weighted by Crippen LogP contribution is -2.36. The van der Waals surface area contributed by atoms with E-state index in [-0.39, 0.29) is 11.7 Å². The van der Waals surface area contributed by atoms with Crippen molar-refractivity contribution in [1.82, 2.24) is 15.5 Å². The maximum Gasteiger partial charge on any atom is 0.408 e. The molecule has 0 aliphatic carbocycles. The second-order valence-electron chi connectivity index (χ2n) is 6.65. The van der Waals surface area contributed by atoms with Crippen LogP contribution in [0.2, 0.25) is 5.02 Å². The number of aliphatic carboxylic acids is 1. The second kappa shape index (κ2) is 8.18. The molecule has 2 rings (SSSR count). The normalized spacial score (nSPS) is 12.5. The number of benzene rings is 1. The number of halogens is 1. The number of amides is 1. The number of carbonyl (C=O) groups is 2. The standard InChI is InChI=1S/C17H20ClN3O5/c1-17(2,3)25-16(24)19-12(8-10-4-6-11(18)7-5-10)15-20-13(26-21-15)9-14(22)23/h4-7,12H,8-9H2,1-3H3,(H,19,24)(H,22,23)/t12-/m0/s1. The van der Waals surface area contributed by atoms with Gasteiger partial charge in [-0.15, -0.1) is 0 Å². The molecule has 0 aliphatic rings. The van der Waals surface area contributed by atoms with Crippen molar-refractivity contribution in [2.45, 2.75) is 45.3 Å². The van der Waals surface area contributed by atoms with Crippen molar-refractivity contribution < 1.29 is 24.0 Å². The van der Waals surface area contributed by atoms with Crippen LogP contribution in [-0.2, 0) is 22.4 Å². The molecule has 0 fully saturated rings. The van der Waals surface area contributed by atoms with Crippen LogP contribution in [0.4, 0.5) is 4.79 Å². The van der Waals surface area contributed by atoms with Crippen molar-refractivity contribution in [1.29, 1.82) is 0 Å². The number of carboxylic acid groups (broad SMARTS) is 1. The van der Waals surface area contributed by atoms with E-state index in [1.54, 1.807) is 32.9 Å². The first-order chi connectivity index (χ1) is 12.1. The predicted molar refractivity (Wildman–Crippen MR) is 92.9 cm³/mol. The van der Waals surface area contributed by atoms with Gasteiger partial charge in [0.2, 0.25) is 5.89 Å². The number of alkyl carbamates (subject to hydrolysis) is 1. The Morgan fingerprint density at radius 1 is 1.31 bits per heavy atom. The highest BCUT2D eigenvalue weighted by atomic mass is 35.5. The summed E-state index contributed by atoms with van der Waals surface area (Å²) in [7, 11) is 0. The number of carbonyl (C=O) groups excluding carboxylic acids is 1. The van der Waals surface area contributed by atoms with E-state index < -0.39 is 30.1 Å². The molecule has 1 amide bonds. The lowest BCUT2D eigenvalue weighted by Gasteiger charge is -2.22. The Morgan fingerprint density at radius 2 is 1.96 bits per heavy atom. The van der Waals surface area contributed by atoms with Crippen LogP contribution in [0.5, 0.6) is 0 Å². The number of hydrogen-bond donors (Lipinski definition) is 2. The van der Waals surface area contributed by atoms with E-state index in [9.17, 15) is 9.59 Å². The topological polar surface area (TPSA) is 115 Å². The molecule has 9 heteroatoms. The highest BCUT2D eigenvalue weighted by molar-refractivity contribution is 6.30. The average molecular weight is 382 g/mol. The SMILES string of the molecule is CC(C)(C)OC(=O)N[C@@H](Cc1ccc(Cl)cc1)c1noc(CC(=O)O)n1. The van der Waals surface area contributed by atoms with Crippen molar-refractivity contribution >= 4 is 23.7 Å².